The van der Waals surface area contributed by atoms with Crippen molar-refractivity contribution in [1.29, 1.82) is 0 Å². The highest BCUT2D eigenvalue weighted by Gasteiger charge is 2.21. The number of esters is 1. The van der Waals surface area contributed by atoms with E-state index in [1.807, 2.05) is 0 Å². The number of likely N-dealkylation sites (N-methyl/N-ethyl adjacent to an activating group) is 1. The molecule has 2 atom stereocenters. The van der Waals surface area contributed by atoms with Crippen LogP contribution in [0, 0.1) is 0 Å². The molecule has 3 heteroatoms. The van der Waals surface area contributed by atoms with Crippen molar-refractivity contribution >= 4 is 5.97 Å². The first kappa shape index (κ1) is 27.2. The molecule has 0 saturated carbocycles. The number of ether oxygens (including phenoxy) is 1. The molecule has 30 heavy (non-hydrogen) atoms. The standard InChI is InChI=1S/C27H51NO2/c1-4-5-6-7-8-9-10-11-12-13-14-15-16-17-18-22-27(30-25(2)29)24-26-21-19-20-23-28(26)3/h19,21,26-27H,4-18,20,22-24H2,1-3H3/t26-,27+/m0/s1. The number of unbranched alkanes of at least 4 members (excludes halogenated alkanes) is 14. The van der Waals surface area contributed by atoms with E-state index < -0.39 is 0 Å². The molecule has 0 saturated heterocycles. The molecule has 0 aromatic rings. The SMILES string of the molecule is CCCCCCCCCCCCCCCCC[C@H](C[C@@H]1C=CCCN1C)OC(C)=O. The van der Waals surface area contributed by atoms with Crippen molar-refractivity contribution < 1.29 is 9.53 Å². The predicted molar refractivity (Wildman–Crippen MR) is 130 cm³/mol. The van der Waals surface area contributed by atoms with E-state index in [9.17, 15) is 4.79 Å². The molecule has 1 aliphatic rings. The number of hydrogen-bond donors (Lipinski definition) is 0. The van der Waals surface area contributed by atoms with E-state index in [0.29, 0.717) is 6.04 Å². The first-order chi connectivity index (χ1) is 14.6. The molecule has 0 aliphatic carbocycles. The van der Waals surface area contributed by atoms with Crippen molar-refractivity contribution in [2.24, 2.45) is 0 Å². The molecule has 1 heterocycles. The molecule has 176 valence electrons. The van der Waals surface area contributed by atoms with Gasteiger partial charge in [-0.15, -0.1) is 0 Å². The Bertz CT molecular complexity index is 435. The van der Waals surface area contributed by atoms with Gasteiger partial charge >= 0.3 is 5.97 Å². The average Bonchev–Trinajstić information content (AvgIpc) is 2.72. The van der Waals surface area contributed by atoms with Crippen molar-refractivity contribution in [2.75, 3.05) is 13.6 Å². The van der Waals surface area contributed by atoms with Crippen LogP contribution < -0.4 is 0 Å². The van der Waals surface area contributed by atoms with E-state index in [1.54, 1.807) is 6.92 Å². The summed E-state index contributed by atoms with van der Waals surface area (Å²) in [7, 11) is 2.17. The predicted octanol–water partition coefficient (Wildman–Crippen LogP) is 7.83. The van der Waals surface area contributed by atoms with Gasteiger partial charge in [-0.1, -0.05) is 109 Å². The minimum absolute atomic E-state index is 0.0691. The lowest BCUT2D eigenvalue weighted by atomic mass is 9.99. The Hall–Kier alpha value is -0.830. The third-order valence-corrected chi connectivity index (χ3v) is 6.54. The van der Waals surface area contributed by atoms with E-state index in [-0.39, 0.29) is 12.1 Å². The fourth-order valence-electron chi connectivity index (χ4n) is 4.58. The zero-order valence-corrected chi connectivity index (χ0v) is 20.5. The van der Waals surface area contributed by atoms with Crippen LogP contribution in [0.4, 0.5) is 0 Å². The zero-order valence-electron chi connectivity index (χ0n) is 20.5. The van der Waals surface area contributed by atoms with Crippen molar-refractivity contribution in [3.05, 3.63) is 12.2 Å². The quantitative estimate of drug-likeness (QED) is 0.121. The van der Waals surface area contributed by atoms with Gasteiger partial charge in [0, 0.05) is 25.9 Å². The van der Waals surface area contributed by atoms with Crippen LogP contribution in [0.2, 0.25) is 0 Å². The molecular weight excluding hydrogens is 370 g/mol. The summed E-state index contributed by atoms with van der Waals surface area (Å²) < 4.78 is 5.62. The first-order valence-electron chi connectivity index (χ1n) is 13.2. The molecule has 1 aliphatic heterocycles. The second-order valence-corrected chi connectivity index (χ2v) is 9.47. The number of carbonyl (C=O) groups is 1. The lowest BCUT2D eigenvalue weighted by molar-refractivity contribution is -0.147. The third kappa shape index (κ3) is 15.0. The highest BCUT2D eigenvalue weighted by atomic mass is 16.5. The fraction of sp³-hybridized carbons (Fsp3) is 0.889. The van der Waals surface area contributed by atoms with Gasteiger partial charge in [-0.25, -0.2) is 0 Å². The van der Waals surface area contributed by atoms with Gasteiger partial charge in [0.15, 0.2) is 0 Å². The van der Waals surface area contributed by atoms with E-state index in [1.165, 1.54) is 96.3 Å². The highest BCUT2D eigenvalue weighted by molar-refractivity contribution is 5.66. The van der Waals surface area contributed by atoms with Gasteiger partial charge in [0.1, 0.15) is 6.10 Å². The molecule has 0 aromatic carbocycles. The van der Waals surface area contributed by atoms with Crippen LogP contribution in [0.3, 0.4) is 0 Å². The fourth-order valence-corrected chi connectivity index (χ4v) is 4.58. The van der Waals surface area contributed by atoms with E-state index in [0.717, 1.165) is 25.8 Å². The summed E-state index contributed by atoms with van der Waals surface area (Å²) >= 11 is 0. The minimum atomic E-state index is -0.136. The minimum Gasteiger partial charge on any atom is -0.462 e. The Morgan fingerprint density at radius 1 is 0.900 bits per heavy atom. The van der Waals surface area contributed by atoms with Gasteiger partial charge in [0.25, 0.3) is 0 Å². The van der Waals surface area contributed by atoms with Gasteiger partial charge in [-0.05, 0) is 26.3 Å². The summed E-state index contributed by atoms with van der Waals surface area (Å²) in [4.78, 5) is 13.9. The van der Waals surface area contributed by atoms with Gasteiger partial charge < -0.3 is 4.74 Å². The Kier molecular flexibility index (Phi) is 17.1. The van der Waals surface area contributed by atoms with Crippen molar-refractivity contribution in [1.82, 2.24) is 4.90 Å². The van der Waals surface area contributed by atoms with E-state index in [2.05, 4.69) is 31.0 Å². The third-order valence-electron chi connectivity index (χ3n) is 6.54. The second kappa shape index (κ2) is 18.9. The van der Waals surface area contributed by atoms with E-state index >= 15 is 0 Å². The zero-order chi connectivity index (χ0) is 21.9. The lowest BCUT2D eigenvalue weighted by Crippen LogP contribution is -2.37. The summed E-state index contributed by atoms with van der Waals surface area (Å²) in [6.07, 6.45) is 28.5. The van der Waals surface area contributed by atoms with Crippen LogP contribution in [0.25, 0.3) is 0 Å². The molecule has 0 N–H and O–H groups in total. The lowest BCUT2D eigenvalue weighted by Gasteiger charge is -2.31. The summed E-state index contributed by atoms with van der Waals surface area (Å²) in [6, 6.07) is 0.416. The van der Waals surface area contributed by atoms with Crippen LogP contribution in [-0.2, 0) is 9.53 Å². The second-order valence-electron chi connectivity index (χ2n) is 9.47. The molecular formula is C27H51NO2. The van der Waals surface area contributed by atoms with Gasteiger partial charge in [-0.3, -0.25) is 9.69 Å². The Labute approximate surface area is 188 Å². The Morgan fingerprint density at radius 2 is 1.40 bits per heavy atom. The Morgan fingerprint density at radius 3 is 1.87 bits per heavy atom. The smallest absolute Gasteiger partial charge is 0.302 e. The van der Waals surface area contributed by atoms with E-state index in [4.69, 9.17) is 4.74 Å². The highest BCUT2D eigenvalue weighted by Crippen LogP contribution is 2.20. The van der Waals surface area contributed by atoms with Crippen molar-refractivity contribution in [3.63, 3.8) is 0 Å². The van der Waals surface area contributed by atoms with Crippen molar-refractivity contribution in [3.8, 4) is 0 Å². The summed E-state index contributed by atoms with van der Waals surface area (Å²) in [6.45, 7) is 4.93. The molecule has 3 nitrogen and oxygen atoms in total. The van der Waals surface area contributed by atoms with Crippen molar-refractivity contribution in [2.45, 2.75) is 142 Å². The summed E-state index contributed by atoms with van der Waals surface area (Å²) in [5, 5.41) is 0. The number of rotatable bonds is 19. The molecule has 0 fully saturated rings. The monoisotopic (exact) mass is 421 g/mol. The molecule has 0 unspecified atom stereocenters. The normalized spacial score (nSPS) is 17.9. The molecule has 0 bridgehead atoms. The van der Waals surface area contributed by atoms with Gasteiger partial charge in [-0.2, -0.15) is 0 Å². The topological polar surface area (TPSA) is 29.5 Å². The maximum atomic E-state index is 11.5. The summed E-state index contributed by atoms with van der Waals surface area (Å²) in [5.74, 6) is -0.136. The number of carbonyl (C=O) groups excluding carboxylic acids is 1. The molecule has 1 rings (SSSR count). The molecule has 0 radical (unpaired) electrons. The van der Waals surface area contributed by atoms with Crippen LogP contribution in [0.15, 0.2) is 12.2 Å². The average molecular weight is 422 g/mol. The number of nitrogens with zero attached hydrogens (tertiary/aromatic N) is 1. The van der Waals surface area contributed by atoms with Crippen LogP contribution in [0.5, 0.6) is 0 Å². The molecule has 0 aromatic heterocycles. The van der Waals surface area contributed by atoms with Crippen LogP contribution in [0.1, 0.15) is 129 Å². The van der Waals surface area contributed by atoms with Crippen LogP contribution >= 0.6 is 0 Å². The van der Waals surface area contributed by atoms with Gasteiger partial charge in [0.05, 0.1) is 0 Å². The largest absolute Gasteiger partial charge is 0.462 e. The first-order valence-corrected chi connectivity index (χ1v) is 13.2. The molecule has 0 spiro atoms. The summed E-state index contributed by atoms with van der Waals surface area (Å²) in [5.41, 5.74) is 0. The van der Waals surface area contributed by atoms with Crippen LogP contribution in [-0.4, -0.2) is 36.6 Å². The molecule has 0 amide bonds. The maximum Gasteiger partial charge on any atom is 0.302 e. The maximum absolute atomic E-state index is 11.5. The number of hydrogen-bond acceptors (Lipinski definition) is 3. The van der Waals surface area contributed by atoms with Gasteiger partial charge in [0.2, 0.25) is 0 Å². The Balaban J connectivity index is 1.97.